The van der Waals surface area contributed by atoms with Gasteiger partial charge in [0.25, 0.3) is 5.91 Å². The zero-order chi connectivity index (χ0) is 25.5. The lowest BCUT2D eigenvalue weighted by atomic mass is 10.0. The number of esters is 1. The van der Waals surface area contributed by atoms with E-state index in [1.807, 2.05) is 49.4 Å². The molecule has 0 aliphatic carbocycles. The van der Waals surface area contributed by atoms with Crippen LogP contribution in [0.1, 0.15) is 38.8 Å². The van der Waals surface area contributed by atoms with Crippen LogP contribution in [0.3, 0.4) is 0 Å². The van der Waals surface area contributed by atoms with Gasteiger partial charge in [-0.15, -0.1) is 0 Å². The molecule has 4 rings (SSSR count). The summed E-state index contributed by atoms with van der Waals surface area (Å²) in [7, 11) is 1.26. The largest absolute Gasteiger partial charge is 0.465 e. The van der Waals surface area contributed by atoms with Gasteiger partial charge in [-0.05, 0) is 70.8 Å². The molecule has 0 unspecified atom stereocenters. The van der Waals surface area contributed by atoms with Crippen LogP contribution < -0.4 is 10.6 Å². The second-order valence-electron chi connectivity index (χ2n) is 8.17. The van der Waals surface area contributed by atoms with Crippen molar-refractivity contribution in [3.05, 3.63) is 114 Å². The zero-order valence-electron chi connectivity index (χ0n) is 19.9. The van der Waals surface area contributed by atoms with Crippen LogP contribution in [-0.4, -0.2) is 29.9 Å². The number of fused-ring (bicyclic) bond motifs is 1. The number of ether oxygens (including phenoxy) is 1. The number of hydrogen-bond acceptors (Lipinski definition) is 5. The maximum Gasteiger partial charge on any atom is 0.339 e. The molecule has 0 atom stereocenters. The van der Waals surface area contributed by atoms with Gasteiger partial charge in [-0.2, -0.15) is 0 Å². The van der Waals surface area contributed by atoms with Crippen molar-refractivity contribution < 1.29 is 19.1 Å². The predicted octanol–water partition coefficient (Wildman–Crippen LogP) is 4.99. The number of aromatic nitrogens is 1. The van der Waals surface area contributed by atoms with Crippen LogP contribution >= 0.6 is 0 Å². The lowest BCUT2D eigenvalue weighted by molar-refractivity contribution is -0.111. The number of carbonyl (C=O) groups is 3. The fourth-order valence-corrected chi connectivity index (χ4v) is 3.75. The van der Waals surface area contributed by atoms with Crippen LogP contribution in [0.25, 0.3) is 16.3 Å². The number of rotatable bonds is 7. The first-order valence-electron chi connectivity index (χ1n) is 11.3. The lowest BCUT2D eigenvalue weighted by Crippen LogP contribution is -2.23. The topological polar surface area (TPSA) is 97.4 Å². The summed E-state index contributed by atoms with van der Waals surface area (Å²) in [4.78, 5) is 41.8. The van der Waals surface area contributed by atoms with E-state index in [1.165, 1.54) is 31.4 Å². The fourth-order valence-electron chi connectivity index (χ4n) is 3.75. The van der Waals surface area contributed by atoms with E-state index in [0.29, 0.717) is 12.1 Å². The summed E-state index contributed by atoms with van der Waals surface area (Å²) in [5, 5.41) is 7.73. The SMILES string of the molecule is COC(=O)c1ccc(C(=O)NCc2ccncc2)cc1NC(=O)/C=C(/C)c1ccc2ccccc2c1. The summed E-state index contributed by atoms with van der Waals surface area (Å²) in [6, 6.07) is 22.0. The third kappa shape index (κ3) is 5.82. The third-order valence-corrected chi connectivity index (χ3v) is 5.70. The van der Waals surface area contributed by atoms with Crippen molar-refractivity contribution >= 4 is 39.8 Å². The molecule has 2 N–H and O–H groups in total. The van der Waals surface area contributed by atoms with Gasteiger partial charge in [0.15, 0.2) is 0 Å². The van der Waals surface area contributed by atoms with Gasteiger partial charge in [-0.3, -0.25) is 14.6 Å². The summed E-state index contributed by atoms with van der Waals surface area (Å²) in [6.07, 6.45) is 4.75. The van der Waals surface area contributed by atoms with Crippen molar-refractivity contribution in [2.24, 2.45) is 0 Å². The molecule has 1 heterocycles. The molecule has 0 radical (unpaired) electrons. The van der Waals surface area contributed by atoms with Crippen molar-refractivity contribution in [3.8, 4) is 0 Å². The minimum atomic E-state index is -0.621. The van der Waals surface area contributed by atoms with Gasteiger partial charge in [-0.1, -0.05) is 36.4 Å². The van der Waals surface area contributed by atoms with Crippen molar-refractivity contribution in [3.63, 3.8) is 0 Å². The monoisotopic (exact) mass is 479 g/mol. The van der Waals surface area contributed by atoms with E-state index >= 15 is 0 Å². The van der Waals surface area contributed by atoms with Gasteiger partial charge in [0.1, 0.15) is 0 Å². The van der Waals surface area contributed by atoms with E-state index in [2.05, 4.69) is 15.6 Å². The Balaban J connectivity index is 1.54. The molecule has 7 nitrogen and oxygen atoms in total. The molecule has 0 bridgehead atoms. The van der Waals surface area contributed by atoms with Crippen molar-refractivity contribution in [2.45, 2.75) is 13.5 Å². The van der Waals surface area contributed by atoms with Gasteiger partial charge in [0, 0.05) is 30.6 Å². The number of anilines is 1. The van der Waals surface area contributed by atoms with E-state index in [1.54, 1.807) is 24.5 Å². The van der Waals surface area contributed by atoms with Crippen LogP contribution in [-0.2, 0) is 16.1 Å². The van der Waals surface area contributed by atoms with Crippen LogP contribution in [0.15, 0.2) is 91.3 Å². The Hall–Kier alpha value is -4.78. The van der Waals surface area contributed by atoms with Crippen LogP contribution in [0.5, 0.6) is 0 Å². The number of nitrogens with zero attached hydrogens (tertiary/aromatic N) is 1. The smallest absolute Gasteiger partial charge is 0.339 e. The molecule has 0 saturated carbocycles. The minimum Gasteiger partial charge on any atom is -0.465 e. The zero-order valence-corrected chi connectivity index (χ0v) is 19.9. The third-order valence-electron chi connectivity index (χ3n) is 5.70. The van der Waals surface area contributed by atoms with Crippen molar-refractivity contribution in [2.75, 3.05) is 12.4 Å². The van der Waals surface area contributed by atoms with Crippen molar-refractivity contribution in [1.82, 2.24) is 10.3 Å². The van der Waals surface area contributed by atoms with E-state index in [0.717, 1.165) is 27.5 Å². The fraction of sp³-hybridized carbons (Fsp3) is 0.103. The molecule has 0 aliphatic heterocycles. The minimum absolute atomic E-state index is 0.147. The second kappa shape index (κ2) is 11.1. The Labute approximate surface area is 208 Å². The molecule has 0 aliphatic rings. The number of pyridine rings is 1. The van der Waals surface area contributed by atoms with Gasteiger partial charge < -0.3 is 15.4 Å². The number of hydrogen-bond donors (Lipinski definition) is 2. The molecule has 1 aromatic heterocycles. The summed E-state index contributed by atoms with van der Waals surface area (Å²) < 4.78 is 4.84. The summed E-state index contributed by atoms with van der Waals surface area (Å²) in [5.74, 6) is -1.40. The molecule has 0 spiro atoms. The number of amides is 2. The molecule has 3 aromatic carbocycles. The predicted molar refractivity (Wildman–Crippen MR) is 139 cm³/mol. The molecular formula is C29H25N3O4. The Kier molecular flexibility index (Phi) is 7.51. The Bertz CT molecular complexity index is 1460. The van der Waals surface area contributed by atoms with Gasteiger partial charge >= 0.3 is 5.97 Å². The highest BCUT2D eigenvalue weighted by Gasteiger charge is 2.17. The van der Waals surface area contributed by atoms with Crippen LogP contribution in [0.2, 0.25) is 0 Å². The quantitative estimate of drug-likeness (QED) is 0.287. The molecular weight excluding hydrogens is 454 g/mol. The number of methoxy groups -OCH3 is 1. The second-order valence-corrected chi connectivity index (χ2v) is 8.17. The molecule has 0 fully saturated rings. The summed E-state index contributed by atoms with van der Waals surface area (Å²) in [5.41, 5.74) is 3.18. The lowest BCUT2D eigenvalue weighted by Gasteiger charge is -2.12. The first kappa shape index (κ1) is 24.3. The molecule has 4 aromatic rings. The van der Waals surface area contributed by atoms with Gasteiger partial charge in [0.05, 0.1) is 18.4 Å². The molecule has 180 valence electrons. The Morgan fingerprint density at radius 3 is 2.36 bits per heavy atom. The molecule has 7 heteroatoms. The average molecular weight is 480 g/mol. The highest BCUT2D eigenvalue weighted by molar-refractivity contribution is 6.09. The standard InChI is InChI=1S/C29H25N3O4/c1-19(22-8-7-21-5-3-4-6-23(21)16-22)15-27(33)32-26-17-24(9-10-25(26)29(35)36-2)28(34)31-18-20-11-13-30-14-12-20/h3-17H,18H2,1-2H3,(H,31,34)(H,32,33)/b19-15-. The van der Waals surface area contributed by atoms with E-state index < -0.39 is 11.9 Å². The highest BCUT2D eigenvalue weighted by atomic mass is 16.5. The summed E-state index contributed by atoms with van der Waals surface area (Å²) in [6.45, 7) is 2.16. The number of allylic oxidation sites excluding steroid dienone is 1. The first-order chi connectivity index (χ1) is 17.4. The summed E-state index contributed by atoms with van der Waals surface area (Å²) >= 11 is 0. The maximum atomic E-state index is 12.9. The number of carbonyl (C=O) groups excluding carboxylic acids is 3. The average Bonchev–Trinajstić information content (AvgIpc) is 2.91. The first-order valence-corrected chi connectivity index (χ1v) is 11.3. The number of benzene rings is 3. The van der Waals surface area contributed by atoms with Crippen LogP contribution in [0, 0.1) is 0 Å². The Morgan fingerprint density at radius 1 is 0.889 bits per heavy atom. The van der Waals surface area contributed by atoms with Gasteiger partial charge in [0.2, 0.25) is 5.91 Å². The maximum absolute atomic E-state index is 12.9. The highest BCUT2D eigenvalue weighted by Crippen LogP contribution is 2.23. The van der Waals surface area contributed by atoms with Gasteiger partial charge in [-0.25, -0.2) is 4.79 Å². The molecule has 2 amide bonds. The van der Waals surface area contributed by atoms with Crippen LogP contribution in [0.4, 0.5) is 5.69 Å². The van der Waals surface area contributed by atoms with E-state index in [-0.39, 0.29) is 17.2 Å². The molecule has 36 heavy (non-hydrogen) atoms. The van der Waals surface area contributed by atoms with Crippen molar-refractivity contribution in [1.29, 1.82) is 0 Å². The normalized spacial score (nSPS) is 11.1. The number of nitrogens with one attached hydrogen (secondary N) is 2. The Morgan fingerprint density at radius 2 is 1.61 bits per heavy atom. The van der Waals surface area contributed by atoms with E-state index in [9.17, 15) is 14.4 Å². The molecule has 0 saturated heterocycles. The van der Waals surface area contributed by atoms with E-state index in [4.69, 9.17) is 4.74 Å².